The van der Waals surface area contributed by atoms with E-state index in [0.29, 0.717) is 0 Å². The van der Waals surface area contributed by atoms with Crippen LogP contribution >= 0.6 is 0 Å². The summed E-state index contributed by atoms with van der Waals surface area (Å²) in [5, 5.41) is 0. The van der Waals surface area contributed by atoms with Crippen molar-refractivity contribution in [2.45, 2.75) is 6.92 Å². The van der Waals surface area contributed by atoms with Crippen LogP contribution in [-0.2, 0) is 10.0 Å². The fourth-order valence-corrected chi connectivity index (χ4v) is 3.07. The van der Waals surface area contributed by atoms with Crippen LogP contribution < -0.4 is 10.5 Å². The van der Waals surface area contributed by atoms with E-state index < -0.39 is 21.8 Å². The van der Waals surface area contributed by atoms with Crippen LogP contribution in [0.5, 0.6) is 0 Å². The summed E-state index contributed by atoms with van der Waals surface area (Å²) in [6.07, 6.45) is 0. The molecule has 0 unspecified atom stereocenters. The molecule has 2 rings (SSSR count). The highest BCUT2D eigenvalue weighted by molar-refractivity contribution is 7.89. The van der Waals surface area contributed by atoms with Crippen LogP contribution in [0.3, 0.4) is 0 Å². The minimum absolute atomic E-state index is 0.151. The van der Waals surface area contributed by atoms with Crippen LogP contribution in [0.1, 0.15) is 27.6 Å². The van der Waals surface area contributed by atoms with Gasteiger partial charge in [-0.05, 0) is 12.1 Å². The third-order valence-electron chi connectivity index (χ3n) is 2.98. The maximum atomic E-state index is 12.1. The van der Waals surface area contributed by atoms with Gasteiger partial charge in [-0.1, -0.05) is 13.0 Å². The first-order chi connectivity index (χ1) is 9.37. The van der Waals surface area contributed by atoms with E-state index in [4.69, 9.17) is 5.73 Å². The molecule has 0 spiro atoms. The predicted molar refractivity (Wildman–Crippen MR) is 73.7 cm³/mol. The Morgan fingerprint density at radius 3 is 2.55 bits per heavy atom. The van der Waals surface area contributed by atoms with Crippen molar-refractivity contribution in [1.82, 2.24) is 9.62 Å². The molecule has 0 saturated heterocycles. The summed E-state index contributed by atoms with van der Waals surface area (Å²) in [5.41, 5.74) is 6.28. The van der Waals surface area contributed by atoms with Crippen molar-refractivity contribution in [1.29, 1.82) is 0 Å². The maximum Gasteiger partial charge on any atom is 0.263 e. The first kappa shape index (κ1) is 14.5. The van der Waals surface area contributed by atoms with Gasteiger partial charge in [0.15, 0.2) is 0 Å². The largest absolute Gasteiger partial charge is 0.398 e. The first-order valence-corrected chi connectivity index (χ1v) is 7.74. The lowest BCUT2D eigenvalue weighted by molar-refractivity contribution is 0.0664. The van der Waals surface area contributed by atoms with E-state index in [1.807, 2.05) is 0 Å². The Morgan fingerprint density at radius 1 is 1.25 bits per heavy atom. The third-order valence-corrected chi connectivity index (χ3v) is 4.43. The van der Waals surface area contributed by atoms with E-state index in [-0.39, 0.29) is 35.7 Å². The molecular weight excluding hydrogens is 282 g/mol. The zero-order valence-electron chi connectivity index (χ0n) is 10.9. The Kier molecular flexibility index (Phi) is 3.78. The summed E-state index contributed by atoms with van der Waals surface area (Å²) in [5.74, 6) is -1.38. The van der Waals surface area contributed by atoms with E-state index in [1.54, 1.807) is 13.0 Å². The lowest BCUT2D eigenvalue weighted by atomic mass is 10.1. The van der Waals surface area contributed by atoms with Crippen LogP contribution in [0.2, 0.25) is 0 Å². The standard InChI is InChI=1S/C12H15N3O4S/c1-2-14-20(18,19)7-6-15-11(16)8-4-3-5-9(13)10(8)12(15)17/h3-5,14H,2,6-7,13H2,1H3. The Hall–Kier alpha value is -1.93. The van der Waals surface area contributed by atoms with Crippen LogP contribution in [0, 0.1) is 0 Å². The molecule has 0 bridgehead atoms. The van der Waals surface area contributed by atoms with Gasteiger partial charge < -0.3 is 5.73 Å². The molecule has 20 heavy (non-hydrogen) atoms. The van der Waals surface area contributed by atoms with Gasteiger partial charge in [-0.15, -0.1) is 0 Å². The topological polar surface area (TPSA) is 110 Å². The number of nitrogens with two attached hydrogens (primary N) is 1. The van der Waals surface area contributed by atoms with Gasteiger partial charge in [-0.2, -0.15) is 0 Å². The number of rotatable bonds is 5. The van der Waals surface area contributed by atoms with Crippen molar-refractivity contribution >= 4 is 27.5 Å². The van der Waals surface area contributed by atoms with Gasteiger partial charge in [0, 0.05) is 18.8 Å². The molecule has 0 atom stereocenters. The number of nitrogens with zero attached hydrogens (tertiary/aromatic N) is 1. The number of nitrogen functional groups attached to an aromatic ring is 1. The third kappa shape index (κ3) is 2.52. The quantitative estimate of drug-likeness (QED) is 0.578. The fourth-order valence-electron chi connectivity index (χ4n) is 2.07. The van der Waals surface area contributed by atoms with Gasteiger partial charge in [0.25, 0.3) is 11.8 Å². The Morgan fingerprint density at radius 2 is 1.95 bits per heavy atom. The number of hydrogen-bond donors (Lipinski definition) is 2. The number of carbonyl (C=O) groups is 2. The second-order valence-corrected chi connectivity index (χ2v) is 6.27. The summed E-state index contributed by atoms with van der Waals surface area (Å²) in [6, 6.07) is 4.62. The summed E-state index contributed by atoms with van der Waals surface area (Å²) in [4.78, 5) is 25.1. The number of sulfonamides is 1. The van der Waals surface area contributed by atoms with Crippen molar-refractivity contribution in [3.63, 3.8) is 0 Å². The molecule has 0 saturated carbocycles. The molecule has 1 heterocycles. The van der Waals surface area contributed by atoms with Gasteiger partial charge in [0.1, 0.15) is 0 Å². The number of fused-ring (bicyclic) bond motifs is 1. The van der Waals surface area contributed by atoms with Crippen LogP contribution in [-0.4, -0.2) is 44.0 Å². The van der Waals surface area contributed by atoms with E-state index in [9.17, 15) is 18.0 Å². The van der Waals surface area contributed by atoms with Gasteiger partial charge >= 0.3 is 0 Å². The highest BCUT2D eigenvalue weighted by Gasteiger charge is 2.37. The molecule has 2 amide bonds. The molecule has 1 aliphatic rings. The minimum Gasteiger partial charge on any atom is -0.398 e. The summed E-state index contributed by atoms with van der Waals surface area (Å²) >= 11 is 0. The predicted octanol–water partition coefficient (Wildman–Crippen LogP) is -0.196. The first-order valence-electron chi connectivity index (χ1n) is 6.09. The minimum atomic E-state index is -3.49. The van der Waals surface area contributed by atoms with Crippen molar-refractivity contribution < 1.29 is 18.0 Å². The van der Waals surface area contributed by atoms with E-state index in [0.717, 1.165) is 4.90 Å². The molecule has 0 aromatic heterocycles. The fraction of sp³-hybridized carbons (Fsp3) is 0.333. The highest BCUT2D eigenvalue weighted by Crippen LogP contribution is 2.27. The molecule has 0 fully saturated rings. The number of imide groups is 1. The summed E-state index contributed by atoms with van der Waals surface area (Å²) in [6.45, 7) is 1.72. The Labute approximate surface area is 116 Å². The monoisotopic (exact) mass is 297 g/mol. The zero-order valence-corrected chi connectivity index (χ0v) is 11.7. The molecule has 3 N–H and O–H groups in total. The maximum absolute atomic E-state index is 12.1. The average molecular weight is 297 g/mol. The van der Waals surface area contributed by atoms with Crippen molar-refractivity contribution in [2.75, 3.05) is 24.6 Å². The molecular formula is C12H15N3O4S. The van der Waals surface area contributed by atoms with E-state index >= 15 is 0 Å². The lowest BCUT2D eigenvalue weighted by Gasteiger charge is -2.13. The Bertz CT molecular complexity index is 669. The van der Waals surface area contributed by atoms with Crippen LogP contribution in [0.4, 0.5) is 5.69 Å². The summed E-state index contributed by atoms with van der Waals surface area (Å²) < 4.78 is 25.4. The molecule has 1 aromatic rings. The number of amides is 2. The second kappa shape index (κ2) is 5.22. The molecule has 108 valence electrons. The summed E-state index contributed by atoms with van der Waals surface area (Å²) in [7, 11) is -3.49. The van der Waals surface area contributed by atoms with Crippen molar-refractivity contribution in [2.24, 2.45) is 0 Å². The second-order valence-electron chi connectivity index (χ2n) is 4.35. The smallest absolute Gasteiger partial charge is 0.263 e. The number of hydrogen-bond acceptors (Lipinski definition) is 5. The molecule has 1 aromatic carbocycles. The Balaban J connectivity index is 2.20. The molecule has 0 aliphatic carbocycles. The van der Waals surface area contributed by atoms with Crippen LogP contribution in [0.25, 0.3) is 0 Å². The normalized spacial score (nSPS) is 14.8. The van der Waals surface area contributed by atoms with E-state index in [1.165, 1.54) is 12.1 Å². The number of carbonyl (C=O) groups excluding carboxylic acids is 2. The number of anilines is 1. The van der Waals surface area contributed by atoms with Gasteiger partial charge in [-0.3, -0.25) is 14.5 Å². The average Bonchev–Trinajstić information content (AvgIpc) is 2.61. The van der Waals surface area contributed by atoms with E-state index in [2.05, 4.69) is 4.72 Å². The van der Waals surface area contributed by atoms with Gasteiger partial charge in [0.05, 0.1) is 16.9 Å². The zero-order chi connectivity index (χ0) is 14.9. The lowest BCUT2D eigenvalue weighted by Crippen LogP contribution is -2.37. The van der Waals surface area contributed by atoms with Gasteiger partial charge in [-0.25, -0.2) is 13.1 Å². The molecule has 0 radical (unpaired) electrons. The molecule has 1 aliphatic heterocycles. The number of nitrogens with one attached hydrogen (secondary N) is 1. The number of benzene rings is 1. The SMILES string of the molecule is CCNS(=O)(=O)CCN1C(=O)c2cccc(N)c2C1=O. The highest BCUT2D eigenvalue weighted by atomic mass is 32.2. The van der Waals surface area contributed by atoms with Crippen molar-refractivity contribution in [3.05, 3.63) is 29.3 Å². The van der Waals surface area contributed by atoms with Crippen molar-refractivity contribution in [3.8, 4) is 0 Å². The van der Waals surface area contributed by atoms with Gasteiger partial charge in [0.2, 0.25) is 10.0 Å². The molecule has 8 heteroatoms. The molecule has 7 nitrogen and oxygen atoms in total. The van der Waals surface area contributed by atoms with Crippen LogP contribution in [0.15, 0.2) is 18.2 Å².